The van der Waals surface area contributed by atoms with Gasteiger partial charge in [0.05, 0.1) is 6.54 Å². The fourth-order valence-electron chi connectivity index (χ4n) is 4.58. The Kier molecular flexibility index (Phi) is 8.03. The zero-order valence-electron chi connectivity index (χ0n) is 21.0. The van der Waals surface area contributed by atoms with Crippen LogP contribution in [0.4, 0.5) is 0 Å². The predicted molar refractivity (Wildman–Crippen MR) is 148 cm³/mol. The molecule has 208 valence electrons. The van der Waals surface area contributed by atoms with Gasteiger partial charge in [-0.2, -0.15) is 0 Å². The molecular weight excluding hydrogens is 578 g/mol. The van der Waals surface area contributed by atoms with E-state index >= 15 is 0 Å². The molecule has 3 aromatic rings. The Morgan fingerprint density at radius 2 is 2.02 bits per heavy atom. The van der Waals surface area contributed by atoms with Gasteiger partial charge in [0.2, 0.25) is 11.1 Å². The topological polar surface area (TPSA) is 168 Å². The summed E-state index contributed by atoms with van der Waals surface area (Å²) in [5.74, 6) is -1.84. The van der Waals surface area contributed by atoms with Gasteiger partial charge in [-0.25, -0.2) is 9.48 Å². The highest BCUT2D eigenvalue weighted by Gasteiger charge is 2.57. The summed E-state index contributed by atoms with van der Waals surface area (Å²) in [5.41, 5.74) is 7.66. The number of aliphatic carboxylic acids is 1. The summed E-state index contributed by atoms with van der Waals surface area (Å²) in [7, 11) is 1.67. The average Bonchev–Trinajstić information content (AvgIpc) is 3.36. The second-order valence-electron chi connectivity index (χ2n) is 9.11. The van der Waals surface area contributed by atoms with Crippen LogP contribution in [0.5, 0.6) is 5.75 Å². The number of carbonyl (C=O) groups is 3. The number of benzene rings is 2. The molecule has 5 rings (SSSR count). The molecule has 12 nitrogen and oxygen atoms in total. The van der Waals surface area contributed by atoms with E-state index in [4.69, 9.17) is 17.3 Å². The lowest BCUT2D eigenvalue weighted by molar-refractivity contribution is -0.161. The van der Waals surface area contributed by atoms with Crippen LogP contribution in [0.15, 0.2) is 65.0 Å². The molecule has 15 heteroatoms. The third-order valence-corrected chi connectivity index (χ3v) is 9.26. The van der Waals surface area contributed by atoms with Crippen molar-refractivity contribution in [1.82, 2.24) is 30.0 Å². The Bertz CT molecular complexity index is 1500. The van der Waals surface area contributed by atoms with E-state index in [1.807, 2.05) is 0 Å². The van der Waals surface area contributed by atoms with Gasteiger partial charge in [-0.1, -0.05) is 53.7 Å². The van der Waals surface area contributed by atoms with Gasteiger partial charge in [0.25, 0.3) is 5.91 Å². The van der Waals surface area contributed by atoms with Crippen LogP contribution in [-0.2, 0) is 28.0 Å². The lowest BCUT2D eigenvalue weighted by Crippen LogP contribution is -2.71. The predicted octanol–water partition coefficient (Wildman–Crippen LogP) is 2.01. The van der Waals surface area contributed by atoms with Gasteiger partial charge < -0.3 is 20.8 Å². The summed E-state index contributed by atoms with van der Waals surface area (Å²) in [4.78, 5) is 42.3. The monoisotopic (exact) mass is 601 g/mol. The number of thioether (sulfide) groups is 2. The number of aryl methyl sites for hydroxylation is 1. The van der Waals surface area contributed by atoms with Gasteiger partial charge in [-0.05, 0) is 39.8 Å². The molecular formula is C25H24ClN7O5S2. The minimum Gasteiger partial charge on any atom is -0.508 e. The van der Waals surface area contributed by atoms with E-state index in [0.29, 0.717) is 32.6 Å². The van der Waals surface area contributed by atoms with E-state index < -0.39 is 35.2 Å². The number of phenols is 1. The maximum atomic E-state index is 13.8. The standard InChI is InChI=1S/C25H24ClN7O5S2/c1-31-25(28-29-30-31)40-12-15-11-39-23-20(22(36)33(23)19(15)24(37)38)32(10-14-9-16(26)7-8-17(14)34)21(35)18(27)13-5-3-2-4-6-13/h2-9,18,20,23,34H,10-12,27H2,1H3,(H,37,38)/t18-,20?,23-/m1/s1. The fourth-order valence-corrected chi connectivity index (χ4v) is 7.18. The minimum atomic E-state index is -1.24. The van der Waals surface area contributed by atoms with Crippen molar-refractivity contribution in [2.24, 2.45) is 12.8 Å². The molecule has 3 atom stereocenters. The van der Waals surface area contributed by atoms with Crippen LogP contribution in [0, 0.1) is 0 Å². The summed E-state index contributed by atoms with van der Waals surface area (Å²) in [6, 6.07) is 11.1. The number of carbonyl (C=O) groups excluding carboxylic acids is 2. The molecule has 3 heterocycles. The van der Waals surface area contributed by atoms with E-state index in [1.54, 1.807) is 37.4 Å². The molecule has 2 aliphatic rings. The zero-order chi connectivity index (χ0) is 28.6. The number of hydrogen-bond donors (Lipinski definition) is 3. The van der Waals surface area contributed by atoms with Crippen LogP contribution < -0.4 is 5.73 Å². The number of nitrogens with zero attached hydrogens (tertiary/aromatic N) is 6. The van der Waals surface area contributed by atoms with Crippen molar-refractivity contribution in [2.45, 2.75) is 29.2 Å². The van der Waals surface area contributed by atoms with Crippen molar-refractivity contribution >= 4 is 52.9 Å². The van der Waals surface area contributed by atoms with Crippen molar-refractivity contribution in [1.29, 1.82) is 0 Å². The number of nitrogens with two attached hydrogens (primary N) is 1. The first-order valence-electron chi connectivity index (χ1n) is 12.0. The van der Waals surface area contributed by atoms with Crippen LogP contribution in [-0.4, -0.2) is 80.9 Å². The highest BCUT2D eigenvalue weighted by atomic mass is 35.5. The molecule has 1 saturated heterocycles. The van der Waals surface area contributed by atoms with Gasteiger partial charge in [0.1, 0.15) is 28.9 Å². The molecule has 1 unspecified atom stereocenters. The Morgan fingerprint density at radius 3 is 2.70 bits per heavy atom. The first kappa shape index (κ1) is 28.0. The molecule has 4 N–H and O–H groups in total. The van der Waals surface area contributed by atoms with E-state index in [0.717, 1.165) is 0 Å². The van der Waals surface area contributed by atoms with E-state index in [9.17, 15) is 24.6 Å². The smallest absolute Gasteiger partial charge is 0.352 e. The average molecular weight is 602 g/mol. The third-order valence-electron chi connectivity index (χ3n) is 6.60. The molecule has 0 aliphatic carbocycles. The first-order chi connectivity index (χ1) is 19.2. The number of halogens is 1. The SMILES string of the molecule is Cn1nnnc1SCC1=C(C(=O)O)N2C(=O)C(N(Cc3cc(Cl)ccc3O)C(=O)[C@H](N)c3ccccc3)[C@H]2SC1. The van der Waals surface area contributed by atoms with Crippen molar-refractivity contribution in [3.05, 3.63) is 76.0 Å². The lowest BCUT2D eigenvalue weighted by atomic mass is 9.98. The number of phenolic OH excluding ortho intramolecular Hbond substituents is 1. The number of aromatic hydroxyl groups is 1. The van der Waals surface area contributed by atoms with Crippen LogP contribution in [0.3, 0.4) is 0 Å². The number of aromatic nitrogens is 4. The summed E-state index contributed by atoms with van der Waals surface area (Å²) in [5, 5.41) is 32.0. The maximum absolute atomic E-state index is 13.8. The number of carboxylic acids is 1. The van der Waals surface area contributed by atoms with Crippen molar-refractivity contribution in [3.63, 3.8) is 0 Å². The highest BCUT2D eigenvalue weighted by Crippen LogP contribution is 2.44. The third kappa shape index (κ3) is 5.27. The molecule has 2 amide bonds. The number of β-lactam (4-membered cyclic amide) rings is 1. The van der Waals surface area contributed by atoms with Crippen molar-refractivity contribution in [2.75, 3.05) is 11.5 Å². The van der Waals surface area contributed by atoms with Crippen molar-refractivity contribution < 1.29 is 24.6 Å². The minimum absolute atomic E-state index is 0.0981. The number of tetrazole rings is 1. The Hall–Kier alpha value is -3.59. The summed E-state index contributed by atoms with van der Waals surface area (Å²) in [6.07, 6.45) is 0. The second-order valence-corrected chi connectivity index (χ2v) is 11.6. The zero-order valence-corrected chi connectivity index (χ0v) is 23.4. The van der Waals surface area contributed by atoms with E-state index in [2.05, 4.69) is 15.5 Å². The highest BCUT2D eigenvalue weighted by molar-refractivity contribution is 8.01. The molecule has 40 heavy (non-hydrogen) atoms. The van der Waals surface area contributed by atoms with E-state index in [-0.39, 0.29) is 23.7 Å². The van der Waals surface area contributed by atoms with Crippen molar-refractivity contribution in [3.8, 4) is 5.75 Å². The molecule has 0 radical (unpaired) electrons. The normalized spacial score (nSPS) is 19.2. The van der Waals surface area contributed by atoms with Crippen LogP contribution in [0.2, 0.25) is 5.02 Å². The molecule has 0 spiro atoms. The van der Waals surface area contributed by atoms with Gasteiger partial charge in [-0.15, -0.1) is 16.9 Å². The summed E-state index contributed by atoms with van der Waals surface area (Å²) < 4.78 is 1.47. The van der Waals surface area contributed by atoms with Crippen LogP contribution in [0.1, 0.15) is 17.2 Å². The number of hydrogen-bond acceptors (Lipinski definition) is 10. The van der Waals surface area contributed by atoms with Gasteiger partial charge in [-0.3, -0.25) is 14.5 Å². The fraction of sp³-hybridized carbons (Fsp3) is 0.280. The van der Waals surface area contributed by atoms with E-state index in [1.165, 1.54) is 56.2 Å². The largest absolute Gasteiger partial charge is 0.508 e. The molecule has 0 saturated carbocycles. The summed E-state index contributed by atoms with van der Waals surface area (Å²) in [6.45, 7) is -0.152. The Balaban J connectivity index is 1.45. The number of amides is 2. The quantitative estimate of drug-likeness (QED) is 0.242. The molecule has 1 fully saturated rings. The second kappa shape index (κ2) is 11.5. The summed E-state index contributed by atoms with van der Waals surface area (Å²) >= 11 is 8.76. The van der Waals surface area contributed by atoms with Gasteiger partial charge in [0.15, 0.2) is 0 Å². The lowest BCUT2D eigenvalue weighted by Gasteiger charge is -2.53. The van der Waals surface area contributed by atoms with Gasteiger partial charge in [0, 0.05) is 29.1 Å². The molecule has 0 bridgehead atoms. The Labute approximate surface area is 242 Å². The van der Waals surface area contributed by atoms with Gasteiger partial charge >= 0.3 is 5.97 Å². The maximum Gasteiger partial charge on any atom is 0.352 e. The number of fused-ring (bicyclic) bond motifs is 1. The Morgan fingerprint density at radius 1 is 1.27 bits per heavy atom. The number of carboxylic acid groups (broad SMARTS) is 1. The molecule has 1 aromatic heterocycles. The number of rotatable bonds is 9. The van der Waals surface area contributed by atoms with Crippen LogP contribution in [0.25, 0.3) is 0 Å². The van der Waals surface area contributed by atoms with Crippen LogP contribution >= 0.6 is 35.1 Å². The molecule has 2 aromatic carbocycles. The first-order valence-corrected chi connectivity index (χ1v) is 14.4. The molecule has 2 aliphatic heterocycles.